The highest BCUT2D eigenvalue weighted by molar-refractivity contribution is 7.07. The monoisotopic (exact) mass is 552 g/mol. The number of benzene rings is 2. The lowest BCUT2D eigenvalue weighted by Crippen LogP contribution is -2.36. The third-order valence-electron chi connectivity index (χ3n) is 5.20. The number of ether oxygens (including phenoxy) is 3. The summed E-state index contributed by atoms with van der Waals surface area (Å²) in [6.07, 6.45) is -4.29. The largest absolute Gasteiger partial charge is 0.573 e. The fourth-order valence-electron chi connectivity index (χ4n) is 3.48. The Morgan fingerprint density at radius 1 is 1.03 bits per heavy atom. The molecule has 0 atom stereocenters. The number of methoxy groups -OCH3 is 2. The lowest BCUT2D eigenvalue weighted by atomic mass is 10.1. The quantitative estimate of drug-likeness (QED) is 0.359. The molecule has 1 heterocycles. The summed E-state index contributed by atoms with van der Waals surface area (Å²) in [6.45, 7) is 3.02. The third-order valence-corrected chi connectivity index (χ3v) is 6.06. The van der Waals surface area contributed by atoms with Gasteiger partial charge in [0, 0.05) is 31.1 Å². The number of urea groups is 1. The maximum Gasteiger partial charge on any atom is 0.573 e. The molecule has 0 spiro atoms. The van der Waals surface area contributed by atoms with Gasteiger partial charge in [-0.1, -0.05) is 0 Å². The van der Waals surface area contributed by atoms with Crippen molar-refractivity contribution in [3.63, 3.8) is 0 Å². The van der Waals surface area contributed by atoms with Crippen LogP contribution in [0.25, 0.3) is 11.3 Å². The molecule has 0 aliphatic rings. The van der Waals surface area contributed by atoms with Gasteiger partial charge < -0.3 is 29.4 Å². The molecule has 3 aromatic rings. The Hall–Kier alpha value is -4.00. The first kappa shape index (κ1) is 28.6. The number of nitrogens with one attached hydrogen (secondary N) is 2. The number of hydrogen-bond acceptors (Lipinski definition) is 6. The number of hydrogen-bond donors (Lipinski definition) is 2. The Balaban J connectivity index is 1.94. The van der Waals surface area contributed by atoms with E-state index in [9.17, 15) is 22.8 Å². The molecule has 0 saturated carbocycles. The predicted octanol–water partition coefficient (Wildman–Crippen LogP) is 4.58. The van der Waals surface area contributed by atoms with E-state index in [2.05, 4.69) is 20.4 Å². The van der Waals surface area contributed by atoms with E-state index in [1.54, 1.807) is 35.1 Å². The molecule has 0 bridgehead atoms. The van der Waals surface area contributed by atoms with Crippen LogP contribution in [-0.2, 0) is 6.54 Å². The summed E-state index contributed by atoms with van der Waals surface area (Å²) in [6, 6.07) is 9.87. The highest BCUT2D eigenvalue weighted by Crippen LogP contribution is 2.28. The van der Waals surface area contributed by atoms with Crippen molar-refractivity contribution in [1.82, 2.24) is 15.2 Å². The fourth-order valence-corrected chi connectivity index (χ4v) is 4.41. The molecular formula is C25H27F3N4O5S. The minimum absolute atomic E-state index is 0.237. The second-order valence-electron chi connectivity index (χ2n) is 7.75. The number of halogens is 3. The van der Waals surface area contributed by atoms with E-state index in [0.717, 1.165) is 0 Å². The van der Waals surface area contributed by atoms with Crippen LogP contribution in [0, 0.1) is 0 Å². The zero-order valence-electron chi connectivity index (χ0n) is 20.9. The summed E-state index contributed by atoms with van der Waals surface area (Å²) in [5, 5.41) is 7.14. The number of carbonyl (C=O) groups excluding carboxylic acids is 2. The minimum atomic E-state index is -4.80. The van der Waals surface area contributed by atoms with Crippen molar-refractivity contribution in [1.29, 1.82) is 0 Å². The number of nitrogens with zero attached hydrogens (tertiary/aromatic N) is 2. The SMILES string of the molecule is CCNC(=O)NCCCn1c(-c2ccc(OC(F)(F)F)cc2)cs/c1=N\C(=O)c1ccc(OC)cc1OC. The first-order valence-corrected chi connectivity index (χ1v) is 12.4. The van der Waals surface area contributed by atoms with E-state index in [1.807, 2.05) is 0 Å². The van der Waals surface area contributed by atoms with Gasteiger partial charge in [0.2, 0.25) is 0 Å². The molecule has 1 aromatic heterocycles. The molecule has 0 fully saturated rings. The van der Waals surface area contributed by atoms with Gasteiger partial charge in [0.15, 0.2) is 4.80 Å². The summed E-state index contributed by atoms with van der Waals surface area (Å²) in [4.78, 5) is 29.4. The van der Waals surface area contributed by atoms with Crippen LogP contribution in [0.15, 0.2) is 52.8 Å². The molecular weight excluding hydrogens is 525 g/mol. The summed E-state index contributed by atoms with van der Waals surface area (Å²) < 4.78 is 53.9. The number of amides is 3. The van der Waals surface area contributed by atoms with Gasteiger partial charge in [0.05, 0.1) is 25.5 Å². The molecule has 38 heavy (non-hydrogen) atoms. The van der Waals surface area contributed by atoms with Crippen LogP contribution in [0.2, 0.25) is 0 Å². The van der Waals surface area contributed by atoms with Crippen molar-refractivity contribution in [3.8, 4) is 28.5 Å². The molecule has 0 radical (unpaired) electrons. The van der Waals surface area contributed by atoms with Gasteiger partial charge in [-0.05, 0) is 55.3 Å². The molecule has 3 rings (SSSR count). The molecule has 2 aromatic carbocycles. The van der Waals surface area contributed by atoms with Crippen molar-refractivity contribution in [2.75, 3.05) is 27.3 Å². The fraction of sp³-hybridized carbons (Fsp3) is 0.320. The Labute approximate surface area is 220 Å². The summed E-state index contributed by atoms with van der Waals surface area (Å²) in [5.74, 6) is -0.0702. The number of alkyl halides is 3. The normalized spacial score (nSPS) is 11.7. The van der Waals surface area contributed by atoms with Crippen molar-refractivity contribution in [3.05, 3.63) is 58.2 Å². The maximum atomic E-state index is 13.1. The van der Waals surface area contributed by atoms with Crippen LogP contribution in [0.3, 0.4) is 0 Å². The first-order chi connectivity index (χ1) is 18.1. The van der Waals surface area contributed by atoms with E-state index in [1.165, 1.54) is 49.8 Å². The molecule has 0 aliphatic heterocycles. The minimum Gasteiger partial charge on any atom is -0.497 e. The van der Waals surface area contributed by atoms with Crippen LogP contribution >= 0.6 is 11.3 Å². The van der Waals surface area contributed by atoms with Gasteiger partial charge in [-0.2, -0.15) is 4.99 Å². The topological polar surface area (TPSA) is 103 Å². The van der Waals surface area contributed by atoms with Crippen molar-refractivity contribution in [2.24, 2.45) is 4.99 Å². The van der Waals surface area contributed by atoms with Gasteiger partial charge in [0.1, 0.15) is 17.2 Å². The molecule has 3 amide bonds. The number of aromatic nitrogens is 1. The van der Waals surface area contributed by atoms with Crippen LogP contribution in [0.1, 0.15) is 23.7 Å². The van der Waals surface area contributed by atoms with Gasteiger partial charge in [-0.15, -0.1) is 24.5 Å². The van der Waals surface area contributed by atoms with Crippen LogP contribution in [-0.4, -0.2) is 50.2 Å². The molecule has 9 nitrogen and oxygen atoms in total. The van der Waals surface area contributed by atoms with E-state index in [-0.39, 0.29) is 17.3 Å². The first-order valence-electron chi connectivity index (χ1n) is 11.5. The summed E-state index contributed by atoms with van der Waals surface area (Å²) in [5.41, 5.74) is 1.48. The van der Waals surface area contributed by atoms with E-state index >= 15 is 0 Å². The molecule has 13 heteroatoms. The molecule has 204 valence electrons. The Bertz CT molecular complexity index is 1320. The van der Waals surface area contributed by atoms with Crippen LogP contribution in [0.5, 0.6) is 17.2 Å². The molecule has 0 aliphatic carbocycles. The number of thiazole rings is 1. The Kier molecular flexibility index (Phi) is 9.77. The van der Waals surface area contributed by atoms with Gasteiger partial charge in [-0.25, -0.2) is 4.79 Å². The molecule has 0 unspecified atom stereocenters. The molecule has 0 saturated heterocycles. The van der Waals surface area contributed by atoms with Crippen LogP contribution in [0.4, 0.5) is 18.0 Å². The molecule has 2 N–H and O–H groups in total. The Morgan fingerprint density at radius 2 is 1.74 bits per heavy atom. The lowest BCUT2D eigenvalue weighted by molar-refractivity contribution is -0.274. The Morgan fingerprint density at radius 3 is 2.37 bits per heavy atom. The number of carbonyl (C=O) groups is 2. The summed E-state index contributed by atoms with van der Waals surface area (Å²) >= 11 is 1.20. The van der Waals surface area contributed by atoms with E-state index < -0.39 is 12.3 Å². The van der Waals surface area contributed by atoms with Gasteiger partial charge >= 0.3 is 12.4 Å². The van der Waals surface area contributed by atoms with Crippen molar-refractivity contribution < 1.29 is 37.0 Å². The zero-order chi connectivity index (χ0) is 27.7. The standard InChI is InChI=1S/C25H27F3N4O5S/c1-4-29-23(34)30-12-5-13-32-20(16-6-8-17(9-7-16)37-25(26,27)28)15-38-24(32)31-22(33)19-11-10-18(35-2)14-21(19)36-3/h6-11,14-15H,4-5,12-13H2,1-3H3,(H2,29,30,34)/b31-24-. The highest BCUT2D eigenvalue weighted by Gasteiger charge is 2.31. The van der Waals surface area contributed by atoms with E-state index in [4.69, 9.17) is 9.47 Å². The second-order valence-corrected chi connectivity index (χ2v) is 8.59. The van der Waals surface area contributed by atoms with Gasteiger partial charge in [0.25, 0.3) is 5.91 Å². The zero-order valence-corrected chi connectivity index (χ0v) is 21.7. The average Bonchev–Trinajstić information content (AvgIpc) is 3.27. The van der Waals surface area contributed by atoms with Gasteiger partial charge in [-0.3, -0.25) is 4.79 Å². The highest BCUT2D eigenvalue weighted by atomic mass is 32.1. The van der Waals surface area contributed by atoms with Crippen LogP contribution < -0.4 is 29.6 Å². The second kappa shape index (κ2) is 13.0. The smallest absolute Gasteiger partial charge is 0.497 e. The van der Waals surface area contributed by atoms with Crippen molar-refractivity contribution in [2.45, 2.75) is 26.3 Å². The van der Waals surface area contributed by atoms with Crippen molar-refractivity contribution >= 4 is 23.3 Å². The average molecular weight is 553 g/mol. The predicted molar refractivity (Wildman–Crippen MR) is 136 cm³/mol. The number of rotatable bonds is 10. The lowest BCUT2D eigenvalue weighted by Gasteiger charge is -2.12. The third kappa shape index (κ3) is 7.75. The maximum absolute atomic E-state index is 13.1. The van der Waals surface area contributed by atoms with E-state index in [0.29, 0.717) is 53.6 Å². The summed E-state index contributed by atoms with van der Waals surface area (Å²) in [7, 11) is 2.93.